The van der Waals surface area contributed by atoms with Gasteiger partial charge in [0.2, 0.25) is 0 Å². The van der Waals surface area contributed by atoms with Gasteiger partial charge in [-0.25, -0.2) is 0 Å². The maximum atomic E-state index is 13.3. The zero-order chi connectivity index (χ0) is 16.0. The second-order valence-corrected chi connectivity index (χ2v) is 5.91. The first kappa shape index (κ1) is 15.3. The van der Waals surface area contributed by atoms with Crippen molar-refractivity contribution in [3.8, 4) is 6.07 Å². The molecule has 4 nitrogen and oxygen atoms in total. The minimum atomic E-state index is -4.62. The molecule has 2 fully saturated rings. The van der Waals surface area contributed by atoms with Gasteiger partial charge in [0.15, 0.2) is 0 Å². The van der Waals surface area contributed by atoms with E-state index in [2.05, 4.69) is 5.32 Å². The van der Waals surface area contributed by atoms with Gasteiger partial charge in [0.25, 0.3) is 0 Å². The lowest BCUT2D eigenvalue weighted by molar-refractivity contribution is -0.143. The highest BCUT2D eigenvalue weighted by atomic mass is 19.4. The van der Waals surface area contributed by atoms with Gasteiger partial charge < -0.3 is 15.2 Å². The number of alkyl halides is 3. The molecule has 1 aromatic carbocycles. The van der Waals surface area contributed by atoms with Gasteiger partial charge in [-0.3, -0.25) is 0 Å². The molecule has 0 aromatic heterocycles. The second-order valence-electron chi connectivity index (χ2n) is 5.91. The third kappa shape index (κ3) is 2.70. The van der Waals surface area contributed by atoms with Crippen molar-refractivity contribution in [1.82, 2.24) is 5.32 Å². The van der Waals surface area contributed by atoms with E-state index in [4.69, 9.17) is 10.00 Å². The molecule has 0 aliphatic carbocycles. The first-order valence-corrected chi connectivity index (χ1v) is 7.00. The average Bonchev–Trinajstić information content (AvgIpc) is 2.45. The van der Waals surface area contributed by atoms with Gasteiger partial charge in [-0.1, -0.05) is 6.07 Å². The zero-order valence-electron chi connectivity index (χ0n) is 11.7. The molecule has 0 amide bonds. The summed E-state index contributed by atoms with van der Waals surface area (Å²) < 4.78 is 45.3. The first-order valence-electron chi connectivity index (χ1n) is 7.00. The second kappa shape index (κ2) is 5.23. The summed E-state index contributed by atoms with van der Waals surface area (Å²) in [6, 6.07) is 4.71. The monoisotopic (exact) mass is 312 g/mol. The Bertz CT molecular complexity index is 612. The van der Waals surface area contributed by atoms with Crippen LogP contribution in [0.25, 0.3) is 0 Å². The van der Waals surface area contributed by atoms with Gasteiger partial charge >= 0.3 is 6.18 Å². The summed E-state index contributed by atoms with van der Waals surface area (Å²) >= 11 is 0. The van der Waals surface area contributed by atoms with Crippen LogP contribution >= 0.6 is 0 Å². The standard InChI is InChI=1S/C15H15F3N2O2/c16-15(17,18)13-3-9(6-19)1-2-12(13)14(21)4-10-7-22-8-11(5-14)20-10/h1-3,10-11,20-21H,4-5,7-8H2. The Morgan fingerprint density at radius 1 is 1.27 bits per heavy atom. The van der Waals surface area contributed by atoms with Crippen molar-refractivity contribution in [2.75, 3.05) is 13.2 Å². The van der Waals surface area contributed by atoms with Crippen LogP contribution in [-0.4, -0.2) is 30.4 Å². The van der Waals surface area contributed by atoms with Gasteiger partial charge in [-0.15, -0.1) is 0 Å². The number of nitrogens with one attached hydrogen (secondary N) is 1. The van der Waals surface area contributed by atoms with Crippen molar-refractivity contribution in [1.29, 1.82) is 5.26 Å². The molecule has 7 heteroatoms. The predicted molar refractivity (Wildman–Crippen MR) is 70.8 cm³/mol. The average molecular weight is 312 g/mol. The van der Waals surface area contributed by atoms with Crippen molar-refractivity contribution in [2.24, 2.45) is 0 Å². The number of ether oxygens (including phenoxy) is 1. The summed E-state index contributed by atoms with van der Waals surface area (Å²) in [7, 11) is 0. The number of halogens is 3. The fourth-order valence-corrected chi connectivity index (χ4v) is 3.39. The number of aliphatic hydroxyl groups is 1. The molecule has 0 spiro atoms. The van der Waals surface area contributed by atoms with Crippen molar-refractivity contribution >= 4 is 0 Å². The molecule has 2 unspecified atom stereocenters. The lowest BCUT2D eigenvalue weighted by atomic mass is 9.76. The van der Waals surface area contributed by atoms with Gasteiger partial charge in [0, 0.05) is 12.1 Å². The number of benzene rings is 1. The van der Waals surface area contributed by atoms with E-state index in [-0.39, 0.29) is 36.1 Å². The molecular weight excluding hydrogens is 297 g/mol. The van der Waals surface area contributed by atoms with E-state index in [0.717, 1.165) is 6.07 Å². The highest BCUT2D eigenvalue weighted by Crippen LogP contribution is 2.43. The SMILES string of the molecule is N#Cc1ccc(C2(O)CC3COCC(C2)N3)c(C(F)(F)F)c1. The fraction of sp³-hybridized carbons (Fsp3) is 0.533. The minimum Gasteiger partial charge on any atom is -0.385 e. The van der Waals surface area contributed by atoms with Gasteiger partial charge in [-0.05, 0) is 30.5 Å². The number of piperidine rings is 1. The number of nitrogens with zero attached hydrogens (tertiary/aromatic N) is 1. The molecule has 2 heterocycles. The van der Waals surface area contributed by atoms with Crippen molar-refractivity contribution < 1.29 is 23.0 Å². The third-order valence-electron chi connectivity index (χ3n) is 4.23. The lowest BCUT2D eigenvalue weighted by Crippen LogP contribution is -2.58. The van der Waals surface area contributed by atoms with E-state index in [1.807, 2.05) is 0 Å². The van der Waals surface area contributed by atoms with E-state index >= 15 is 0 Å². The zero-order valence-corrected chi connectivity index (χ0v) is 11.7. The molecule has 2 saturated heterocycles. The van der Waals surface area contributed by atoms with E-state index in [0.29, 0.717) is 13.2 Å². The van der Waals surface area contributed by atoms with Crippen LogP contribution in [0.3, 0.4) is 0 Å². The summed E-state index contributed by atoms with van der Waals surface area (Å²) in [6.45, 7) is 0.743. The van der Waals surface area contributed by atoms with E-state index in [1.54, 1.807) is 6.07 Å². The highest BCUT2D eigenvalue weighted by molar-refractivity contribution is 5.43. The van der Waals surface area contributed by atoms with Crippen LogP contribution in [0.2, 0.25) is 0 Å². The van der Waals surface area contributed by atoms with Gasteiger partial charge in [0.1, 0.15) is 0 Å². The summed E-state index contributed by atoms with van der Waals surface area (Å²) in [4.78, 5) is 0. The molecular formula is C15H15F3N2O2. The van der Waals surface area contributed by atoms with Crippen molar-refractivity contribution in [2.45, 2.75) is 36.7 Å². The van der Waals surface area contributed by atoms with Crippen molar-refractivity contribution in [3.63, 3.8) is 0 Å². The first-order chi connectivity index (χ1) is 10.3. The molecule has 22 heavy (non-hydrogen) atoms. The summed E-state index contributed by atoms with van der Waals surface area (Å²) in [5.41, 5.74) is -2.73. The van der Waals surface area contributed by atoms with Gasteiger partial charge in [-0.2, -0.15) is 18.4 Å². The molecule has 2 atom stereocenters. The Morgan fingerprint density at radius 2 is 1.91 bits per heavy atom. The topological polar surface area (TPSA) is 65.3 Å². The van der Waals surface area contributed by atoms with Crippen LogP contribution in [-0.2, 0) is 16.5 Å². The van der Waals surface area contributed by atoms with Crippen LogP contribution in [0.15, 0.2) is 18.2 Å². The summed E-state index contributed by atoms with van der Waals surface area (Å²) in [6.07, 6.45) is -4.31. The van der Waals surface area contributed by atoms with E-state index in [9.17, 15) is 18.3 Å². The molecule has 2 N–H and O–H groups in total. The van der Waals surface area contributed by atoms with Crippen LogP contribution in [0.1, 0.15) is 29.5 Å². The molecule has 0 saturated carbocycles. The Hall–Kier alpha value is -1.62. The number of nitriles is 1. The van der Waals surface area contributed by atoms with E-state index < -0.39 is 17.3 Å². The molecule has 0 radical (unpaired) electrons. The maximum absolute atomic E-state index is 13.3. The number of rotatable bonds is 1. The van der Waals surface area contributed by atoms with Crippen LogP contribution < -0.4 is 5.32 Å². The Balaban J connectivity index is 2.05. The van der Waals surface area contributed by atoms with Crippen LogP contribution in [0.5, 0.6) is 0 Å². The molecule has 118 valence electrons. The smallest absolute Gasteiger partial charge is 0.385 e. The van der Waals surface area contributed by atoms with Crippen LogP contribution in [0, 0.1) is 11.3 Å². The normalized spacial score (nSPS) is 31.6. The largest absolute Gasteiger partial charge is 0.416 e. The Kier molecular flexibility index (Phi) is 3.63. The van der Waals surface area contributed by atoms with Crippen LogP contribution in [0.4, 0.5) is 13.2 Å². The molecule has 3 rings (SSSR count). The fourth-order valence-electron chi connectivity index (χ4n) is 3.39. The summed E-state index contributed by atoms with van der Waals surface area (Å²) in [5, 5.41) is 22.9. The predicted octanol–water partition coefficient (Wildman–Crippen LogP) is 1.92. The lowest BCUT2D eigenvalue weighted by Gasteiger charge is -2.45. The summed E-state index contributed by atoms with van der Waals surface area (Å²) in [5.74, 6) is 0. The molecule has 2 aliphatic rings. The minimum absolute atomic E-state index is 0.0721. The third-order valence-corrected chi connectivity index (χ3v) is 4.23. The molecule has 1 aromatic rings. The Morgan fingerprint density at radius 3 is 2.45 bits per heavy atom. The number of hydrogen-bond acceptors (Lipinski definition) is 4. The number of fused-ring (bicyclic) bond motifs is 2. The van der Waals surface area contributed by atoms with Gasteiger partial charge in [0.05, 0.1) is 36.0 Å². The maximum Gasteiger partial charge on any atom is 0.416 e. The van der Waals surface area contributed by atoms with E-state index in [1.165, 1.54) is 12.1 Å². The number of morpholine rings is 1. The van der Waals surface area contributed by atoms with Crippen molar-refractivity contribution in [3.05, 3.63) is 34.9 Å². The molecule has 2 aliphatic heterocycles. The highest BCUT2D eigenvalue weighted by Gasteiger charge is 2.46. The number of hydrogen-bond donors (Lipinski definition) is 2. The quantitative estimate of drug-likeness (QED) is 0.831. The molecule has 2 bridgehead atoms. The Labute approximate surface area is 125 Å².